The molecule has 45 heteroatoms. The summed E-state index contributed by atoms with van der Waals surface area (Å²) in [4.78, 5) is 265. The number of aliphatic carboxylic acids is 5. The van der Waals surface area contributed by atoms with Crippen LogP contribution < -0.4 is 85.9 Å². The van der Waals surface area contributed by atoms with Crippen LogP contribution in [-0.4, -0.2) is 274 Å². The van der Waals surface area contributed by atoms with Gasteiger partial charge in [0.25, 0.3) is 0 Å². The van der Waals surface area contributed by atoms with Crippen LogP contribution in [0.3, 0.4) is 0 Å². The van der Waals surface area contributed by atoms with Gasteiger partial charge in [0.15, 0.2) is 5.96 Å². The second-order valence-corrected chi connectivity index (χ2v) is 30.9. The minimum Gasteiger partial charge on any atom is -0.481 e. The Labute approximate surface area is 697 Å². The van der Waals surface area contributed by atoms with E-state index in [2.05, 4.69) is 84.4 Å². The third-order valence-corrected chi connectivity index (χ3v) is 18.9. The molecular weight excluding hydrogens is 1590 g/mol. The van der Waals surface area contributed by atoms with Crippen LogP contribution >= 0.6 is 0 Å². The highest BCUT2D eigenvalue weighted by molar-refractivity contribution is 6.01. The van der Waals surface area contributed by atoms with Crippen LogP contribution in [0, 0.1) is 29.1 Å². The maximum Gasteiger partial charge on any atom is 0.326 e. The molecule has 0 unspecified atom stereocenters. The minimum absolute atomic E-state index is 0.0298. The summed E-state index contributed by atoms with van der Waals surface area (Å²) < 4.78 is 0. The van der Waals surface area contributed by atoms with E-state index in [1.807, 2.05) is 0 Å². The summed E-state index contributed by atoms with van der Waals surface area (Å²) in [5, 5.41) is 101. The van der Waals surface area contributed by atoms with Crippen LogP contribution in [0.25, 0.3) is 0 Å². The molecule has 15 atom stereocenters. The van der Waals surface area contributed by atoms with Gasteiger partial charge in [0, 0.05) is 51.4 Å². The van der Waals surface area contributed by atoms with Gasteiger partial charge in [-0.15, -0.1) is 0 Å². The number of carboxylic acids is 5. The number of rotatable bonds is 54. The van der Waals surface area contributed by atoms with E-state index >= 15 is 0 Å². The smallest absolute Gasteiger partial charge is 0.326 e. The van der Waals surface area contributed by atoms with Crippen molar-refractivity contribution in [3.8, 4) is 0 Å². The number of aliphatic hydroxyl groups excluding tert-OH is 1. The second kappa shape index (κ2) is 51.1. The predicted molar refractivity (Wildman–Crippen MR) is 427 cm³/mol. The van der Waals surface area contributed by atoms with Crippen LogP contribution in [0.4, 0.5) is 0 Å². The molecule has 1 aliphatic rings. The third kappa shape index (κ3) is 36.8. The van der Waals surface area contributed by atoms with Crippen molar-refractivity contribution in [2.45, 2.75) is 256 Å². The number of hydrogen-bond donors (Lipinski definition) is 24. The molecule has 1 aromatic heterocycles. The highest BCUT2D eigenvalue weighted by atomic mass is 16.4. The molecule has 3 rings (SSSR count). The van der Waals surface area contributed by atoms with E-state index in [1.165, 1.54) is 47.1 Å². The Morgan fingerprint density at radius 3 is 1.31 bits per heavy atom. The lowest BCUT2D eigenvalue weighted by molar-refractivity contribution is -0.149. The standard InChI is InChI=1S/C76H118N20O25/c1-36(2)28-48(88-68(113)49(30-42-16-12-11-13-17-42)89-65(110)45(20-23-55(98)99)84-61(106)40(9)77)70(115)95-59(38(5)6)72(117)87-44(18-14-26-81-76(78)79)63(108)93-53(34-97)71(116)90-50(31-43-33-80-35-82-43)69(114)91-51(32-58(104)105)67(112)83-41(10)62(107)85-46(21-24-56(100)101)64(109)86-47(22-25-57(102)103)66(111)94-60(39(7)8)73(118)92-52(29-37(3)4)74(119)96-27-15-19-54(96)75(120)121/h11-13,16-17,33,35-41,44-54,59-60,97H,14-15,18-32,34,77H2,1-10H3,(H,80,82)(H,83,112)(H,84,106)(H,85,107)(H,86,109)(H,87,117)(H,88,113)(H,89,110)(H,90,116)(H,91,114)(H,92,118)(H,93,108)(H,94,111)(H,95,115)(H,98,99)(H,100,101)(H,102,103)(H,104,105)(H,120,121)(H4,78,79,81)/t40-,41-,44-,45-,46-,47-,48-,49-,50-,51-,52-,53-,54-,59-,60-/m0/s1. The number of nitrogens with zero attached hydrogens (tertiary/aromatic N) is 2. The average molecular weight is 1710 g/mol. The van der Waals surface area contributed by atoms with E-state index in [0.29, 0.717) is 12.0 Å². The Kier molecular flexibility index (Phi) is 43.4. The lowest BCUT2D eigenvalue weighted by Gasteiger charge is -2.31. The van der Waals surface area contributed by atoms with Gasteiger partial charge in [-0.1, -0.05) is 85.7 Å². The number of aliphatic hydroxyl groups is 1. The van der Waals surface area contributed by atoms with E-state index < -0.39 is 279 Å². The topological polar surface area (TPSA) is 722 Å². The van der Waals surface area contributed by atoms with E-state index in [1.54, 1.807) is 58.0 Å². The van der Waals surface area contributed by atoms with Gasteiger partial charge in [-0.25, -0.2) is 9.78 Å². The molecule has 1 saturated heterocycles. The maximum absolute atomic E-state index is 14.5. The molecule has 1 aliphatic heterocycles. The number of carboxylic acid groups (broad SMARTS) is 5. The first-order valence-corrected chi connectivity index (χ1v) is 39.5. The van der Waals surface area contributed by atoms with E-state index in [-0.39, 0.29) is 69.1 Å². The highest BCUT2D eigenvalue weighted by Crippen LogP contribution is 2.22. The summed E-state index contributed by atoms with van der Waals surface area (Å²) >= 11 is 0. The van der Waals surface area contributed by atoms with Crippen LogP contribution in [0.1, 0.15) is 164 Å². The molecule has 26 N–H and O–H groups in total. The molecule has 14 amide bonds. The average Bonchev–Trinajstić information content (AvgIpc) is 1.72. The Bertz CT molecular complexity index is 3940. The number of aromatic nitrogens is 2. The number of hydrogen-bond acceptors (Lipinski definition) is 23. The molecule has 0 saturated carbocycles. The van der Waals surface area contributed by atoms with Crippen molar-refractivity contribution in [2.75, 3.05) is 19.7 Å². The Morgan fingerprint density at radius 1 is 0.471 bits per heavy atom. The van der Waals surface area contributed by atoms with Crippen molar-refractivity contribution in [3.05, 3.63) is 54.1 Å². The zero-order valence-electron chi connectivity index (χ0n) is 69.2. The summed E-state index contributed by atoms with van der Waals surface area (Å²) in [7, 11) is 0. The molecule has 0 aliphatic carbocycles. The van der Waals surface area contributed by atoms with Gasteiger partial charge >= 0.3 is 29.8 Å². The number of nitrogens with two attached hydrogens (primary N) is 2. The minimum atomic E-state index is -2.13. The number of H-pyrrole nitrogens is 1. The van der Waals surface area contributed by atoms with Gasteiger partial charge in [-0.2, -0.15) is 0 Å². The van der Waals surface area contributed by atoms with Gasteiger partial charge in [-0.3, -0.25) is 91.7 Å². The molecule has 0 bridgehead atoms. The van der Waals surface area contributed by atoms with Crippen molar-refractivity contribution in [1.82, 2.24) is 89.3 Å². The lowest BCUT2D eigenvalue weighted by atomic mass is 9.98. The number of carbonyl (C=O) groups excluding carboxylic acids is 14. The monoisotopic (exact) mass is 1710 g/mol. The van der Waals surface area contributed by atoms with Gasteiger partial charge in [0.05, 0.1) is 31.1 Å². The SMILES string of the molecule is CC(C)C[C@H](NC(=O)[C@H](Cc1ccccc1)NC(=O)[C@H](CCC(=O)O)NC(=O)[C@H](C)N)C(=O)N[C@H](C(=O)N[C@@H](CCCNC(=N)N)C(=O)N[C@@H](CO)C(=O)N[C@@H](Cc1c[nH]cn1)C(=O)N[C@@H](CC(=O)O)C(=O)N[C@@H](C)C(=O)N[C@@H](CCC(=O)O)C(=O)N[C@@H](CCC(=O)O)C(=O)N[C@H](C(=O)N[C@@H](CC(C)C)C(=O)N1CCC[C@H]1C(=O)O)C(C)C)C(C)C. The summed E-state index contributed by atoms with van der Waals surface area (Å²) in [6.45, 7) is 14.2. The van der Waals surface area contributed by atoms with Gasteiger partial charge in [-0.05, 0) is 101 Å². The zero-order valence-corrected chi connectivity index (χ0v) is 69.2. The fourth-order valence-corrected chi connectivity index (χ4v) is 12.5. The predicted octanol–water partition coefficient (Wildman–Crippen LogP) is -5.33. The van der Waals surface area contributed by atoms with Crippen molar-refractivity contribution in [3.63, 3.8) is 0 Å². The fourth-order valence-electron chi connectivity index (χ4n) is 12.5. The molecule has 45 nitrogen and oxygen atoms in total. The van der Waals surface area contributed by atoms with Crippen molar-refractivity contribution in [1.29, 1.82) is 5.41 Å². The van der Waals surface area contributed by atoms with Gasteiger partial charge in [0.2, 0.25) is 82.7 Å². The molecule has 2 aromatic rings. The number of aromatic amines is 1. The Morgan fingerprint density at radius 2 is 0.868 bits per heavy atom. The number of benzene rings is 1. The number of carbonyl (C=O) groups is 19. The summed E-state index contributed by atoms with van der Waals surface area (Å²) in [5.41, 5.74) is 11.8. The molecule has 1 fully saturated rings. The van der Waals surface area contributed by atoms with Crippen molar-refractivity contribution >= 4 is 119 Å². The van der Waals surface area contributed by atoms with Crippen LogP contribution in [-0.2, 0) is 104 Å². The van der Waals surface area contributed by atoms with Gasteiger partial charge in [0.1, 0.15) is 84.6 Å². The highest BCUT2D eigenvalue weighted by Gasteiger charge is 2.42. The number of amides is 14. The largest absolute Gasteiger partial charge is 0.481 e. The van der Waals surface area contributed by atoms with Crippen molar-refractivity contribution < 1.29 is 122 Å². The number of imidazole rings is 1. The van der Waals surface area contributed by atoms with E-state index in [9.17, 15) is 122 Å². The first-order valence-electron chi connectivity index (χ1n) is 39.5. The normalized spacial score (nSPS) is 15.9. The van der Waals surface area contributed by atoms with Crippen LogP contribution in [0.2, 0.25) is 0 Å². The van der Waals surface area contributed by atoms with Crippen LogP contribution in [0.5, 0.6) is 0 Å². The first-order chi connectivity index (χ1) is 56.7. The third-order valence-electron chi connectivity index (χ3n) is 18.9. The second-order valence-electron chi connectivity index (χ2n) is 30.9. The molecule has 2 heterocycles. The quantitative estimate of drug-likeness (QED) is 0.0167. The van der Waals surface area contributed by atoms with Crippen LogP contribution in [0.15, 0.2) is 42.9 Å². The molecule has 672 valence electrons. The maximum atomic E-state index is 14.5. The van der Waals surface area contributed by atoms with E-state index in [0.717, 1.165) is 11.8 Å². The Balaban J connectivity index is 1.91. The fraction of sp³-hybridized carbons (Fsp3) is 0.618. The molecule has 121 heavy (non-hydrogen) atoms. The number of likely N-dealkylation sites (tertiary alicyclic amines) is 1. The molecule has 0 radical (unpaired) electrons. The summed E-state index contributed by atoms with van der Waals surface area (Å²) in [6.07, 6.45) is -3.25. The zero-order chi connectivity index (χ0) is 91.2. The molecule has 1 aromatic carbocycles. The van der Waals surface area contributed by atoms with E-state index in [4.69, 9.17) is 16.9 Å². The molecule has 0 spiro atoms. The summed E-state index contributed by atoms with van der Waals surface area (Å²) in [5.74, 6) is -24.8. The van der Waals surface area contributed by atoms with Gasteiger partial charge < -0.3 is 126 Å². The first kappa shape index (κ1) is 103. The lowest BCUT2D eigenvalue weighted by Crippen LogP contribution is -2.62. The Hall–Kier alpha value is -12.4. The summed E-state index contributed by atoms with van der Waals surface area (Å²) in [6, 6.07) is -15.7. The number of nitrogens with one attached hydrogen (secondary N) is 16. The number of guanidine groups is 1. The van der Waals surface area contributed by atoms with Crippen molar-refractivity contribution in [2.24, 2.45) is 35.1 Å². The molecular formula is C76H118N20O25.